The summed E-state index contributed by atoms with van der Waals surface area (Å²) in [5.41, 5.74) is 2.37. The maximum Gasteiger partial charge on any atom is 0.243 e. The molecule has 7 heteroatoms. The lowest BCUT2D eigenvalue weighted by molar-refractivity contribution is -0.129. The summed E-state index contributed by atoms with van der Waals surface area (Å²) < 4.78 is 25.9. The Bertz CT molecular complexity index is 556. The van der Waals surface area contributed by atoms with Crippen molar-refractivity contribution in [3.63, 3.8) is 0 Å². The molecule has 0 saturated heterocycles. The highest BCUT2D eigenvalue weighted by atomic mass is 32.2. The molecule has 0 fully saturated rings. The summed E-state index contributed by atoms with van der Waals surface area (Å²) in [5, 5.41) is 9.44. The number of amides is 1. The molecule has 6 nitrogen and oxygen atoms in total. The average molecular weight is 312 g/mol. The second kappa shape index (κ2) is 9.28. The molecule has 0 aromatic heterocycles. The van der Waals surface area contributed by atoms with Crippen molar-refractivity contribution >= 4 is 22.0 Å². The maximum atomic E-state index is 11.7. The number of rotatable bonds is 9. The normalized spacial score (nSPS) is 11.7. The smallest absolute Gasteiger partial charge is 0.243 e. The molecule has 0 bridgehead atoms. The van der Waals surface area contributed by atoms with Gasteiger partial charge in [0, 0.05) is 18.4 Å². The van der Waals surface area contributed by atoms with Gasteiger partial charge in [0.2, 0.25) is 15.9 Å². The zero-order chi connectivity index (χ0) is 15.6. The third kappa shape index (κ3) is 8.23. The van der Waals surface area contributed by atoms with E-state index in [1.807, 2.05) is 30.3 Å². The topological polar surface area (TPSA) is 95.5 Å². The minimum absolute atomic E-state index is 0.233. The molecule has 1 aromatic carbocycles. The van der Waals surface area contributed by atoms with Crippen molar-refractivity contribution in [3.8, 4) is 0 Å². The molecule has 0 aliphatic heterocycles. The average Bonchev–Trinajstić information content (AvgIpc) is 2.49. The van der Waals surface area contributed by atoms with Crippen LogP contribution in [0.2, 0.25) is 0 Å². The van der Waals surface area contributed by atoms with Crippen LogP contribution >= 0.6 is 0 Å². The highest BCUT2D eigenvalue weighted by molar-refractivity contribution is 7.92. The van der Waals surface area contributed by atoms with Gasteiger partial charge in [0.1, 0.15) is 0 Å². The number of nitrogens with one attached hydrogen (secondary N) is 2. The van der Waals surface area contributed by atoms with E-state index in [0.717, 1.165) is 11.0 Å². The molecule has 1 amide bonds. The number of carbonyl (C=O) groups excluding carboxylic acids is 1. The molecular weight excluding hydrogens is 292 g/mol. The largest absolute Gasteiger partial charge is 0.289 e. The van der Waals surface area contributed by atoms with E-state index in [1.165, 1.54) is 6.08 Å². The van der Waals surface area contributed by atoms with Crippen molar-refractivity contribution in [3.05, 3.63) is 41.3 Å². The van der Waals surface area contributed by atoms with Gasteiger partial charge >= 0.3 is 0 Å². The molecule has 1 rings (SSSR count). The summed E-state index contributed by atoms with van der Waals surface area (Å²) in [6.07, 6.45) is 3.72. The molecule has 0 radical (unpaired) electrons. The van der Waals surface area contributed by atoms with Crippen LogP contribution in [0.25, 0.3) is 6.08 Å². The molecule has 0 atom stereocenters. The van der Waals surface area contributed by atoms with Crippen molar-refractivity contribution in [2.75, 3.05) is 6.54 Å². The highest BCUT2D eigenvalue weighted by Crippen LogP contribution is 2.03. The molecule has 3 N–H and O–H groups in total. The lowest BCUT2D eigenvalue weighted by Crippen LogP contribution is -2.22. The summed E-state index contributed by atoms with van der Waals surface area (Å²) in [6.45, 7) is 0.322. The number of benzene rings is 1. The second-order valence-electron chi connectivity index (χ2n) is 4.50. The first kappa shape index (κ1) is 17.4. The Balaban J connectivity index is 2.24. The molecule has 0 saturated carbocycles. The molecule has 0 aliphatic rings. The van der Waals surface area contributed by atoms with Crippen LogP contribution in [0.5, 0.6) is 0 Å². The summed E-state index contributed by atoms with van der Waals surface area (Å²) in [5.74, 6) is -0.429. The van der Waals surface area contributed by atoms with Crippen LogP contribution < -0.4 is 10.2 Å². The van der Waals surface area contributed by atoms with Gasteiger partial charge in [-0.1, -0.05) is 36.8 Å². The molecule has 0 aliphatic carbocycles. The van der Waals surface area contributed by atoms with Crippen molar-refractivity contribution < 1.29 is 18.4 Å². The maximum absolute atomic E-state index is 11.7. The number of sulfonamides is 1. The molecule has 21 heavy (non-hydrogen) atoms. The minimum atomic E-state index is -3.44. The SMILES string of the molecule is O=C(CCCCCNS(=O)(=O)/C=C/c1ccccc1)NO. The fraction of sp³-hybridized carbons (Fsp3) is 0.357. The number of hydrogen-bond acceptors (Lipinski definition) is 4. The fourth-order valence-corrected chi connectivity index (χ4v) is 2.50. The third-order valence-corrected chi connectivity index (χ3v) is 3.85. The molecule has 0 heterocycles. The van der Waals surface area contributed by atoms with Crippen LogP contribution in [0.4, 0.5) is 0 Å². The van der Waals surface area contributed by atoms with Gasteiger partial charge in [0.25, 0.3) is 0 Å². The van der Waals surface area contributed by atoms with Gasteiger partial charge < -0.3 is 0 Å². The Hall–Kier alpha value is -1.70. The summed E-state index contributed by atoms with van der Waals surface area (Å²) in [6, 6.07) is 9.17. The van der Waals surface area contributed by atoms with Gasteiger partial charge in [0.15, 0.2) is 0 Å². The van der Waals surface area contributed by atoms with E-state index in [1.54, 1.807) is 5.48 Å². The molecule has 0 unspecified atom stereocenters. The van der Waals surface area contributed by atoms with Crippen molar-refractivity contribution in [2.24, 2.45) is 0 Å². The molecular formula is C14H20N2O4S. The van der Waals surface area contributed by atoms with Crippen LogP contribution in [0, 0.1) is 0 Å². The first-order valence-corrected chi connectivity index (χ1v) is 8.24. The van der Waals surface area contributed by atoms with E-state index < -0.39 is 15.9 Å². The van der Waals surface area contributed by atoms with Gasteiger partial charge in [0.05, 0.1) is 0 Å². The summed E-state index contributed by atoms with van der Waals surface area (Å²) in [7, 11) is -3.44. The predicted octanol–water partition coefficient (Wildman–Crippen LogP) is 1.64. The van der Waals surface area contributed by atoms with E-state index >= 15 is 0 Å². The highest BCUT2D eigenvalue weighted by Gasteiger charge is 2.04. The third-order valence-electron chi connectivity index (χ3n) is 2.75. The Kier molecular flexibility index (Phi) is 7.66. The number of hydrogen-bond donors (Lipinski definition) is 3. The predicted molar refractivity (Wildman–Crippen MR) is 80.8 cm³/mol. The zero-order valence-corrected chi connectivity index (χ0v) is 12.5. The van der Waals surface area contributed by atoms with Gasteiger partial charge in [-0.15, -0.1) is 0 Å². The van der Waals surface area contributed by atoms with Gasteiger partial charge in [-0.25, -0.2) is 18.6 Å². The minimum Gasteiger partial charge on any atom is -0.289 e. The number of unbranched alkanes of at least 4 members (excludes halogenated alkanes) is 2. The Labute approximate surface area is 124 Å². The van der Waals surface area contributed by atoms with E-state index in [9.17, 15) is 13.2 Å². The fourth-order valence-electron chi connectivity index (χ4n) is 1.64. The van der Waals surface area contributed by atoms with E-state index in [-0.39, 0.29) is 6.42 Å². The van der Waals surface area contributed by atoms with Crippen molar-refractivity contribution in [2.45, 2.75) is 25.7 Å². The number of carbonyl (C=O) groups is 1. The summed E-state index contributed by atoms with van der Waals surface area (Å²) in [4.78, 5) is 10.7. The zero-order valence-electron chi connectivity index (χ0n) is 11.7. The van der Waals surface area contributed by atoms with Crippen LogP contribution in [0.15, 0.2) is 35.7 Å². The Morgan fingerprint density at radius 2 is 1.86 bits per heavy atom. The first-order chi connectivity index (χ1) is 10.0. The number of hydroxylamine groups is 1. The van der Waals surface area contributed by atoms with Crippen molar-refractivity contribution in [1.29, 1.82) is 0 Å². The van der Waals surface area contributed by atoms with Crippen LogP contribution in [-0.2, 0) is 14.8 Å². The van der Waals surface area contributed by atoms with Gasteiger partial charge in [-0.2, -0.15) is 0 Å². The standard InChI is InChI=1S/C14H20N2O4S/c17-14(16-18)9-5-2-6-11-15-21(19,20)12-10-13-7-3-1-4-8-13/h1,3-4,7-8,10,12,15,18H,2,5-6,9,11H2,(H,16,17)/b12-10+. The molecule has 116 valence electrons. The molecule has 1 aromatic rings. The van der Waals surface area contributed by atoms with E-state index in [2.05, 4.69) is 4.72 Å². The van der Waals surface area contributed by atoms with E-state index in [0.29, 0.717) is 25.8 Å². The quantitative estimate of drug-likeness (QED) is 0.367. The van der Waals surface area contributed by atoms with Crippen LogP contribution in [0.3, 0.4) is 0 Å². The Morgan fingerprint density at radius 1 is 1.14 bits per heavy atom. The lowest BCUT2D eigenvalue weighted by Gasteiger charge is -2.03. The van der Waals surface area contributed by atoms with Crippen LogP contribution in [-0.4, -0.2) is 26.1 Å². The van der Waals surface area contributed by atoms with Crippen molar-refractivity contribution in [1.82, 2.24) is 10.2 Å². The second-order valence-corrected chi connectivity index (χ2v) is 6.15. The monoisotopic (exact) mass is 312 g/mol. The summed E-state index contributed by atoms with van der Waals surface area (Å²) >= 11 is 0. The van der Waals surface area contributed by atoms with Gasteiger partial charge in [-0.3, -0.25) is 10.0 Å². The first-order valence-electron chi connectivity index (χ1n) is 6.69. The Morgan fingerprint density at radius 3 is 2.52 bits per heavy atom. The molecule has 0 spiro atoms. The van der Waals surface area contributed by atoms with E-state index in [4.69, 9.17) is 5.21 Å². The van der Waals surface area contributed by atoms with Gasteiger partial charge in [-0.05, 0) is 24.5 Å². The van der Waals surface area contributed by atoms with Crippen LogP contribution in [0.1, 0.15) is 31.2 Å². The lowest BCUT2D eigenvalue weighted by atomic mass is 10.2.